The number of nitrogens with two attached hydrogens (primary N) is 1. The maximum absolute atomic E-state index is 5.99. The van der Waals surface area contributed by atoms with Gasteiger partial charge in [0.2, 0.25) is 0 Å². The van der Waals surface area contributed by atoms with Crippen molar-refractivity contribution in [3.05, 3.63) is 0 Å². The van der Waals surface area contributed by atoms with Crippen molar-refractivity contribution in [3.63, 3.8) is 0 Å². The number of ether oxygens (including phenoxy) is 1. The topological polar surface area (TPSA) is 62.9 Å². The van der Waals surface area contributed by atoms with E-state index in [-0.39, 0.29) is 24.0 Å². The molecule has 1 saturated heterocycles. The van der Waals surface area contributed by atoms with Crippen molar-refractivity contribution in [2.75, 3.05) is 39.9 Å². The summed E-state index contributed by atoms with van der Waals surface area (Å²) >= 11 is 0. The Labute approximate surface area is 146 Å². The number of hydrogen-bond acceptors (Lipinski definition) is 3. The van der Waals surface area contributed by atoms with E-state index in [1.54, 1.807) is 7.11 Å². The van der Waals surface area contributed by atoms with Crippen LogP contribution in [0.15, 0.2) is 4.99 Å². The Hall–Kier alpha value is -0.0800. The van der Waals surface area contributed by atoms with E-state index >= 15 is 0 Å². The molecular formula is C15H31IN4O. The Bertz CT molecular complexity index is 334. The molecule has 3 N–H and O–H groups in total. The summed E-state index contributed by atoms with van der Waals surface area (Å²) in [5.41, 5.74) is 6.37. The molecule has 0 amide bonds. The van der Waals surface area contributed by atoms with E-state index in [0.717, 1.165) is 32.7 Å². The lowest BCUT2D eigenvalue weighted by Gasteiger charge is -2.23. The second kappa shape index (κ2) is 9.15. The molecule has 2 rings (SSSR count). The number of hydrogen-bond donors (Lipinski definition) is 2. The van der Waals surface area contributed by atoms with Crippen LogP contribution in [0.3, 0.4) is 0 Å². The quantitative estimate of drug-likeness (QED) is 0.364. The van der Waals surface area contributed by atoms with Crippen molar-refractivity contribution in [2.45, 2.75) is 45.1 Å². The largest absolute Gasteiger partial charge is 0.385 e. The van der Waals surface area contributed by atoms with Crippen molar-refractivity contribution in [1.29, 1.82) is 0 Å². The Morgan fingerprint density at radius 1 is 1.48 bits per heavy atom. The summed E-state index contributed by atoms with van der Waals surface area (Å²) in [6.07, 6.45) is 6.20. The van der Waals surface area contributed by atoms with Crippen molar-refractivity contribution < 1.29 is 4.74 Å². The summed E-state index contributed by atoms with van der Waals surface area (Å²) in [6, 6.07) is 0.622. The first-order valence-corrected chi connectivity index (χ1v) is 7.96. The first-order valence-electron chi connectivity index (χ1n) is 7.96. The molecule has 1 aliphatic heterocycles. The van der Waals surface area contributed by atoms with Crippen molar-refractivity contribution in [1.82, 2.24) is 10.2 Å². The van der Waals surface area contributed by atoms with Crippen LogP contribution in [0.2, 0.25) is 0 Å². The highest BCUT2D eigenvalue weighted by Gasteiger charge is 2.41. The number of halogens is 1. The van der Waals surface area contributed by atoms with Crippen LogP contribution in [0.25, 0.3) is 0 Å². The molecule has 1 saturated carbocycles. The summed E-state index contributed by atoms with van der Waals surface area (Å²) in [7, 11) is 1.76. The lowest BCUT2D eigenvalue weighted by atomic mass is 10.0. The van der Waals surface area contributed by atoms with Gasteiger partial charge in [0, 0.05) is 32.8 Å². The number of likely N-dealkylation sites (N-methyl/N-ethyl adjacent to an activating group) is 1. The monoisotopic (exact) mass is 410 g/mol. The average Bonchev–Trinajstić information content (AvgIpc) is 3.09. The van der Waals surface area contributed by atoms with Gasteiger partial charge in [-0.3, -0.25) is 9.89 Å². The van der Waals surface area contributed by atoms with Gasteiger partial charge < -0.3 is 15.8 Å². The number of aliphatic imine (C=N–C) groups is 1. The molecule has 21 heavy (non-hydrogen) atoms. The van der Waals surface area contributed by atoms with Crippen molar-refractivity contribution in [3.8, 4) is 0 Å². The fourth-order valence-corrected chi connectivity index (χ4v) is 3.06. The summed E-state index contributed by atoms with van der Waals surface area (Å²) in [6.45, 7) is 7.17. The van der Waals surface area contributed by atoms with E-state index in [0.29, 0.717) is 17.4 Å². The zero-order valence-corrected chi connectivity index (χ0v) is 15.8. The van der Waals surface area contributed by atoms with Crippen molar-refractivity contribution in [2.24, 2.45) is 16.1 Å². The minimum atomic E-state index is 0. The van der Waals surface area contributed by atoms with Gasteiger partial charge in [-0.1, -0.05) is 6.92 Å². The zero-order valence-electron chi connectivity index (χ0n) is 13.4. The highest BCUT2D eigenvalue weighted by atomic mass is 127. The first-order chi connectivity index (χ1) is 9.69. The standard InChI is InChI=1S/C15H30N4O.HI/c1-3-19-9-4-5-13(19)11-17-14(16)18-12-15(6-7-15)8-10-20-2;/h13H,3-12H2,1-2H3,(H3,16,17,18);1H. The van der Waals surface area contributed by atoms with Crippen LogP contribution in [0.4, 0.5) is 0 Å². The van der Waals surface area contributed by atoms with E-state index in [9.17, 15) is 0 Å². The number of nitrogens with zero attached hydrogens (tertiary/aromatic N) is 2. The van der Waals surface area contributed by atoms with Crippen molar-refractivity contribution >= 4 is 29.9 Å². The highest BCUT2D eigenvalue weighted by molar-refractivity contribution is 14.0. The number of guanidine groups is 1. The zero-order chi connectivity index (χ0) is 14.4. The van der Waals surface area contributed by atoms with E-state index in [2.05, 4.69) is 22.1 Å². The Morgan fingerprint density at radius 2 is 2.24 bits per heavy atom. The summed E-state index contributed by atoms with van der Waals surface area (Å²) in [4.78, 5) is 7.05. The van der Waals surface area contributed by atoms with Crippen LogP contribution in [-0.4, -0.2) is 56.8 Å². The molecule has 1 atom stereocenters. The third-order valence-corrected chi connectivity index (χ3v) is 4.80. The maximum atomic E-state index is 5.99. The van der Waals surface area contributed by atoms with E-state index in [4.69, 9.17) is 10.5 Å². The van der Waals surface area contributed by atoms with Crippen LogP contribution in [0, 0.1) is 5.41 Å². The molecule has 5 nitrogen and oxygen atoms in total. The van der Waals surface area contributed by atoms with Crippen LogP contribution in [0.5, 0.6) is 0 Å². The Morgan fingerprint density at radius 3 is 2.86 bits per heavy atom. The Kier molecular flexibility index (Phi) is 8.26. The molecule has 0 bridgehead atoms. The summed E-state index contributed by atoms with van der Waals surface area (Å²) < 4.78 is 5.16. The lowest BCUT2D eigenvalue weighted by molar-refractivity contribution is 0.174. The first kappa shape index (κ1) is 19.0. The molecule has 0 spiro atoms. The number of nitrogens with one attached hydrogen (secondary N) is 1. The van der Waals surface area contributed by atoms with Crippen LogP contribution >= 0.6 is 24.0 Å². The van der Waals surface area contributed by atoms with E-state index < -0.39 is 0 Å². The molecule has 0 aromatic heterocycles. The van der Waals surface area contributed by atoms with Gasteiger partial charge >= 0.3 is 0 Å². The van der Waals surface area contributed by atoms with Gasteiger partial charge in [0.1, 0.15) is 0 Å². The molecule has 124 valence electrons. The molecule has 6 heteroatoms. The molecule has 1 aliphatic carbocycles. The summed E-state index contributed by atoms with van der Waals surface area (Å²) in [5, 5.41) is 3.30. The van der Waals surface area contributed by atoms with Gasteiger partial charge in [0.15, 0.2) is 5.96 Å². The van der Waals surface area contributed by atoms with Gasteiger partial charge in [0.25, 0.3) is 0 Å². The summed E-state index contributed by atoms with van der Waals surface area (Å²) in [5.74, 6) is 0.608. The van der Waals surface area contributed by atoms with Gasteiger partial charge in [-0.05, 0) is 50.6 Å². The van der Waals surface area contributed by atoms with Crippen LogP contribution < -0.4 is 11.1 Å². The maximum Gasteiger partial charge on any atom is 0.188 e. The molecule has 0 aromatic rings. The fraction of sp³-hybridized carbons (Fsp3) is 0.933. The van der Waals surface area contributed by atoms with E-state index in [1.165, 1.54) is 32.2 Å². The molecule has 0 aromatic carbocycles. The predicted molar refractivity (Wildman–Crippen MR) is 98.3 cm³/mol. The van der Waals surface area contributed by atoms with Gasteiger partial charge in [-0.25, -0.2) is 0 Å². The minimum Gasteiger partial charge on any atom is -0.385 e. The molecule has 1 unspecified atom stereocenters. The molecule has 0 radical (unpaired) electrons. The van der Waals surface area contributed by atoms with E-state index in [1.807, 2.05) is 0 Å². The number of rotatable bonds is 8. The third kappa shape index (κ3) is 5.90. The molecule has 1 heterocycles. The Balaban J connectivity index is 0.00000220. The minimum absolute atomic E-state index is 0. The number of likely N-dealkylation sites (tertiary alicyclic amines) is 1. The highest BCUT2D eigenvalue weighted by Crippen LogP contribution is 2.48. The van der Waals surface area contributed by atoms with Crippen LogP contribution in [-0.2, 0) is 4.74 Å². The SMILES string of the molecule is CCN1CCCC1CNC(N)=NCC1(CCOC)CC1.I. The predicted octanol–water partition coefficient (Wildman–Crippen LogP) is 1.81. The van der Waals surface area contributed by atoms with Crippen LogP contribution in [0.1, 0.15) is 39.0 Å². The second-order valence-electron chi connectivity index (χ2n) is 6.25. The number of methoxy groups -OCH3 is 1. The normalized spacial score (nSPS) is 24.7. The second-order valence-corrected chi connectivity index (χ2v) is 6.25. The molecular weight excluding hydrogens is 379 g/mol. The lowest BCUT2D eigenvalue weighted by Crippen LogP contribution is -2.43. The third-order valence-electron chi connectivity index (χ3n) is 4.80. The van der Waals surface area contributed by atoms with Gasteiger partial charge in [0.05, 0.1) is 0 Å². The van der Waals surface area contributed by atoms with Gasteiger partial charge in [-0.2, -0.15) is 0 Å². The fourth-order valence-electron chi connectivity index (χ4n) is 3.06. The van der Waals surface area contributed by atoms with Gasteiger partial charge in [-0.15, -0.1) is 24.0 Å². The average molecular weight is 410 g/mol. The smallest absolute Gasteiger partial charge is 0.188 e. The molecule has 2 aliphatic rings. The molecule has 2 fully saturated rings.